The van der Waals surface area contributed by atoms with Crippen molar-refractivity contribution in [2.24, 2.45) is 11.8 Å². The molecule has 0 spiro atoms. The van der Waals surface area contributed by atoms with Gasteiger partial charge in [0.15, 0.2) is 0 Å². The number of rotatable bonds is 5. The van der Waals surface area contributed by atoms with Crippen LogP contribution in [0.3, 0.4) is 0 Å². The molecule has 6 nitrogen and oxygen atoms in total. The number of fused-ring (bicyclic) bond motifs is 1. The van der Waals surface area contributed by atoms with Crippen LogP contribution in [0.4, 0.5) is 5.95 Å². The van der Waals surface area contributed by atoms with Gasteiger partial charge in [-0.2, -0.15) is 0 Å². The Labute approximate surface area is 174 Å². The number of carbonyl (C=O) groups is 1. The minimum atomic E-state index is -0.122. The fraction of sp³-hybridized carbons (Fsp3) is 0.409. The van der Waals surface area contributed by atoms with Crippen molar-refractivity contribution in [3.05, 3.63) is 46.1 Å². The number of hydrogen-bond donors (Lipinski definition) is 2. The number of piperidine rings is 1. The third kappa shape index (κ3) is 4.19. The van der Waals surface area contributed by atoms with E-state index in [2.05, 4.69) is 24.1 Å². The van der Waals surface area contributed by atoms with Gasteiger partial charge in [0.2, 0.25) is 11.9 Å². The van der Waals surface area contributed by atoms with E-state index in [1.807, 2.05) is 40.6 Å². The molecule has 1 atom stereocenters. The number of nitrogens with one attached hydrogen (secondary N) is 2. The molecule has 1 aliphatic rings. The zero-order chi connectivity index (χ0) is 20.4. The van der Waals surface area contributed by atoms with Gasteiger partial charge >= 0.3 is 0 Å². The average Bonchev–Trinajstić information content (AvgIpc) is 3.17. The summed E-state index contributed by atoms with van der Waals surface area (Å²) in [5.74, 6) is 0.986. The number of benzene rings is 1. The number of aromatic nitrogens is 2. The lowest BCUT2D eigenvalue weighted by Crippen LogP contribution is -2.44. The van der Waals surface area contributed by atoms with E-state index in [1.54, 1.807) is 0 Å². The lowest BCUT2D eigenvalue weighted by molar-refractivity contribution is -0.125. The van der Waals surface area contributed by atoms with Gasteiger partial charge in [-0.25, -0.2) is 4.98 Å². The summed E-state index contributed by atoms with van der Waals surface area (Å²) >= 11 is 1.42. The van der Waals surface area contributed by atoms with Crippen LogP contribution in [0.2, 0.25) is 0 Å². The summed E-state index contributed by atoms with van der Waals surface area (Å²) in [4.78, 5) is 35.0. The molecule has 1 fully saturated rings. The predicted octanol–water partition coefficient (Wildman–Crippen LogP) is 3.64. The Balaban J connectivity index is 1.62. The van der Waals surface area contributed by atoms with Crippen molar-refractivity contribution in [2.75, 3.05) is 24.5 Å². The second kappa shape index (κ2) is 8.37. The van der Waals surface area contributed by atoms with Gasteiger partial charge in [-0.1, -0.05) is 44.2 Å². The van der Waals surface area contributed by atoms with E-state index < -0.39 is 0 Å². The van der Waals surface area contributed by atoms with Crippen molar-refractivity contribution in [3.8, 4) is 11.1 Å². The van der Waals surface area contributed by atoms with E-state index in [4.69, 9.17) is 4.98 Å². The average molecular weight is 411 g/mol. The van der Waals surface area contributed by atoms with Gasteiger partial charge in [-0.3, -0.25) is 14.6 Å². The van der Waals surface area contributed by atoms with E-state index in [1.165, 1.54) is 11.3 Å². The number of anilines is 1. The van der Waals surface area contributed by atoms with Crippen molar-refractivity contribution >= 4 is 33.4 Å². The molecule has 1 saturated heterocycles. The molecule has 152 valence electrons. The smallest absolute Gasteiger partial charge is 0.270 e. The summed E-state index contributed by atoms with van der Waals surface area (Å²) in [7, 11) is 0. The Morgan fingerprint density at radius 3 is 2.90 bits per heavy atom. The van der Waals surface area contributed by atoms with E-state index in [0.29, 0.717) is 29.7 Å². The third-order valence-corrected chi connectivity index (χ3v) is 6.24. The van der Waals surface area contributed by atoms with Crippen LogP contribution in [0.15, 0.2) is 40.5 Å². The highest BCUT2D eigenvalue weighted by molar-refractivity contribution is 7.17. The van der Waals surface area contributed by atoms with E-state index in [-0.39, 0.29) is 17.4 Å². The Morgan fingerprint density at radius 1 is 1.34 bits per heavy atom. The van der Waals surface area contributed by atoms with Gasteiger partial charge in [0.05, 0.1) is 11.4 Å². The Kier molecular flexibility index (Phi) is 5.67. The van der Waals surface area contributed by atoms with Gasteiger partial charge in [-0.15, -0.1) is 11.3 Å². The highest BCUT2D eigenvalue weighted by Crippen LogP contribution is 2.32. The Bertz CT molecular complexity index is 1060. The summed E-state index contributed by atoms with van der Waals surface area (Å²) in [6.45, 7) is 6.22. The molecule has 7 heteroatoms. The molecule has 2 N–H and O–H groups in total. The molecule has 3 heterocycles. The topological polar surface area (TPSA) is 78.1 Å². The molecule has 0 unspecified atom stereocenters. The van der Waals surface area contributed by atoms with Crippen LogP contribution in [0.25, 0.3) is 21.3 Å². The zero-order valence-electron chi connectivity index (χ0n) is 16.8. The predicted molar refractivity (Wildman–Crippen MR) is 118 cm³/mol. The molecule has 0 aliphatic carbocycles. The van der Waals surface area contributed by atoms with Crippen LogP contribution in [0.1, 0.15) is 26.7 Å². The Hall–Kier alpha value is -2.67. The highest BCUT2D eigenvalue weighted by Gasteiger charge is 2.27. The number of thiophene rings is 1. The van der Waals surface area contributed by atoms with Gasteiger partial charge in [-0.05, 0) is 24.3 Å². The molecule has 1 aromatic carbocycles. The molecule has 3 aromatic rings. The van der Waals surface area contributed by atoms with Crippen LogP contribution in [0, 0.1) is 11.8 Å². The standard InChI is InChI=1S/C22H26N4O2S/c1-14(2)11-23-20(27)16-9-6-10-26(12-16)22-24-18-17(15-7-4-3-5-8-15)13-29-19(18)21(28)25-22/h3-5,7-8,13-14,16H,6,9-12H2,1-2H3,(H,23,27)(H,24,25,28)/t16-/m1/s1. The number of amides is 1. The van der Waals surface area contributed by atoms with Crippen molar-refractivity contribution < 1.29 is 4.79 Å². The molecule has 0 radical (unpaired) electrons. The van der Waals surface area contributed by atoms with Crippen molar-refractivity contribution in [3.63, 3.8) is 0 Å². The van der Waals surface area contributed by atoms with E-state index >= 15 is 0 Å². The molecule has 29 heavy (non-hydrogen) atoms. The number of aromatic amines is 1. The van der Waals surface area contributed by atoms with Crippen LogP contribution >= 0.6 is 11.3 Å². The van der Waals surface area contributed by atoms with Crippen LogP contribution in [-0.4, -0.2) is 35.5 Å². The molecular formula is C22H26N4O2S. The summed E-state index contributed by atoms with van der Waals surface area (Å²) in [6, 6.07) is 10.00. The first-order valence-corrected chi connectivity index (χ1v) is 11.0. The number of carbonyl (C=O) groups excluding carboxylic acids is 1. The second-order valence-corrected chi connectivity index (χ2v) is 8.89. The first-order valence-electron chi connectivity index (χ1n) is 10.1. The summed E-state index contributed by atoms with van der Waals surface area (Å²) < 4.78 is 0.635. The summed E-state index contributed by atoms with van der Waals surface area (Å²) in [5, 5.41) is 5.03. The number of hydrogen-bond acceptors (Lipinski definition) is 5. The van der Waals surface area contributed by atoms with Crippen LogP contribution in [0.5, 0.6) is 0 Å². The molecule has 2 aromatic heterocycles. The third-order valence-electron chi connectivity index (χ3n) is 5.28. The summed E-state index contributed by atoms with van der Waals surface area (Å²) in [5.41, 5.74) is 2.63. The highest BCUT2D eigenvalue weighted by atomic mass is 32.1. The van der Waals surface area contributed by atoms with Crippen molar-refractivity contribution in [1.29, 1.82) is 0 Å². The molecule has 4 rings (SSSR count). The first kappa shape index (κ1) is 19.6. The lowest BCUT2D eigenvalue weighted by Gasteiger charge is -2.32. The SMILES string of the molecule is CC(C)CNC(=O)[C@@H]1CCCN(c2nc3c(-c4ccccc4)csc3c(=O)[nH]2)C1. The minimum absolute atomic E-state index is 0.0837. The van der Waals surface area contributed by atoms with Gasteiger partial charge in [0.1, 0.15) is 4.70 Å². The fourth-order valence-corrected chi connectivity index (χ4v) is 4.63. The molecule has 1 aliphatic heterocycles. The second-order valence-electron chi connectivity index (χ2n) is 8.01. The van der Waals surface area contributed by atoms with Crippen LogP contribution < -0.4 is 15.8 Å². The van der Waals surface area contributed by atoms with Crippen molar-refractivity contribution in [2.45, 2.75) is 26.7 Å². The zero-order valence-corrected chi connectivity index (χ0v) is 17.6. The maximum atomic E-state index is 12.7. The van der Waals surface area contributed by atoms with E-state index in [0.717, 1.165) is 36.0 Å². The summed E-state index contributed by atoms with van der Waals surface area (Å²) in [6.07, 6.45) is 1.76. The maximum absolute atomic E-state index is 12.7. The van der Waals surface area contributed by atoms with Crippen LogP contribution in [-0.2, 0) is 4.79 Å². The number of H-pyrrole nitrogens is 1. The molecule has 0 bridgehead atoms. The normalized spacial score (nSPS) is 17.1. The molecular weight excluding hydrogens is 384 g/mol. The maximum Gasteiger partial charge on any atom is 0.270 e. The Morgan fingerprint density at radius 2 is 2.14 bits per heavy atom. The lowest BCUT2D eigenvalue weighted by atomic mass is 9.97. The number of nitrogens with zero attached hydrogens (tertiary/aromatic N) is 2. The fourth-order valence-electron chi connectivity index (χ4n) is 3.72. The van der Waals surface area contributed by atoms with Gasteiger partial charge in [0.25, 0.3) is 5.56 Å². The van der Waals surface area contributed by atoms with Gasteiger partial charge < -0.3 is 10.2 Å². The largest absolute Gasteiger partial charge is 0.356 e. The quantitative estimate of drug-likeness (QED) is 0.673. The molecule has 1 amide bonds. The molecule has 0 saturated carbocycles. The van der Waals surface area contributed by atoms with Gasteiger partial charge in [0, 0.05) is 30.6 Å². The van der Waals surface area contributed by atoms with E-state index in [9.17, 15) is 9.59 Å². The minimum Gasteiger partial charge on any atom is -0.356 e. The monoisotopic (exact) mass is 410 g/mol. The van der Waals surface area contributed by atoms with Crippen molar-refractivity contribution in [1.82, 2.24) is 15.3 Å². The first-order chi connectivity index (χ1) is 14.0.